The van der Waals surface area contributed by atoms with E-state index in [1.165, 1.54) is 0 Å². The van der Waals surface area contributed by atoms with Crippen LogP contribution in [0, 0.1) is 0 Å². The van der Waals surface area contributed by atoms with Gasteiger partial charge in [0, 0.05) is 10.9 Å². The number of ether oxygens (including phenoxy) is 1. The van der Waals surface area contributed by atoms with E-state index >= 15 is 0 Å². The number of benzene rings is 1. The number of aliphatic hydroxyl groups is 2. The summed E-state index contributed by atoms with van der Waals surface area (Å²) in [4.78, 5) is 12.1. The number of hydrogen-bond acceptors (Lipinski definition) is 4. The van der Waals surface area contributed by atoms with E-state index in [-0.39, 0.29) is 13.2 Å². The van der Waals surface area contributed by atoms with Crippen LogP contribution in [0.15, 0.2) is 24.3 Å². The fourth-order valence-corrected chi connectivity index (χ4v) is 2.71. The SMILES string of the molecule is CCOC(=O)c1c2n(c3ccccc13)C[C@@H](O)[C@H]2O. The molecule has 1 aromatic carbocycles. The van der Waals surface area contributed by atoms with Crippen molar-refractivity contribution in [3.63, 3.8) is 0 Å². The molecule has 2 N–H and O–H groups in total. The molecule has 0 fully saturated rings. The number of hydrogen-bond donors (Lipinski definition) is 2. The summed E-state index contributed by atoms with van der Waals surface area (Å²) in [5.41, 5.74) is 1.64. The van der Waals surface area contributed by atoms with Crippen molar-refractivity contribution in [2.45, 2.75) is 25.7 Å². The van der Waals surface area contributed by atoms with Crippen molar-refractivity contribution >= 4 is 16.9 Å². The molecular weight excluding hydrogens is 246 g/mol. The predicted octanol–water partition coefficient (Wildman–Crippen LogP) is 1.23. The first kappa shape index (κ1) is 12.2. The summed E-state index contributed by atoms with van der Waals surface area (Å²) in [7, 11) is 0. The van der Waals surface area contributed by atoms with Gasteiger partial charge < -0.3 is 19.5 Å². The first-order chi connectivity index (χ1) is 9.15. The first-order valence-corrected chi connectivity index (χ1v) is 6.29. The Balaban J connectivity index is 2.28. The van der Waals surface area contributed by atoms with Crippen LogP contribution in [0.5, 0.6) is 0 Å². The monoisotopic (exact) mass is 261 g/mol. The molecule has 0 aliphatic carbocycles. The first-order valence-electron chi connectivity index (χ1n) is 6.29. The standard InChI is InChI=1S/C14H15NO4/c1-2-19-14(18)11-8-5-3-4-6-9(8)15-7-10(16)13(17)12(11)15/h3-6,10,13,16-17H,2,7H2,1H3/t10-,13-/m1/s1. The number of rotatable bonds is 2. The molecular formula is C14H15NO4. The minimum absolute atomic E-state index is 0.274. The van der Waals surface area contributed by atoms with Crippen molar-refractivity contribution in [3.05, 3.63) is 35.5 Å². The molecule has 0 radical (unpaired) electrons. The Hall–Kier alpha value is -1.85. The maximum atomic E-state index is 12.1. The van der Waals surface area contributed by atoms with Gasteiger partial charge >= 0.3 is 5.97 Å². The van der Waals surface area contributed by atoms with E-state index in [1.807, 2.05) is 24.3 Å². The van der Waals surface area contributed by atoms with Crippen molar-refractivity contribution in [1.82, 2.24) is 4.57 Å². The van der Waals surface area contributed by atoms with Gasteiger partial charge in [0.25, 0.3) is 0 Å². The van der Waals surface area contributed by atoms with E-state index in [0.717, 1.165) is 10.9 Å². The fourth-order valence-electron chi connectivity index (χ4n) is 2.71. The van der Waals surface area contributed by atoms with Crippen LogP contribution < -0.4 is 0 Å². The minimum atomic E-state index is -1.05. The summed E-state index contributed by atoms with van der Waals surface area (Å²) in [6, 6.07) is 7.39. The van der Waals surface area contributed by atoms with E-state index in [0.29, 0.717) is 11.3 Å². The van der Waals surface area contributed by atoms with Crippen LogP contribution in [0.2, 0.25) is 0 Å². The fraction of sp³-hybridized carbons (Fsp3) is 0.357. The van der Waals surface area contributed by atoms with E-state index < -0.39 is 18.2 Å². The lowest BCUT2D eigenvalue weighted by Crippen LogP contribution is -2.15. The molecule has 2 atom stereocenters. The molecule has 5 nitrogen and oxygen atoms in total. The number of aliphatic hydroxyl groups excluding tert-OH is 2. The lowest BCUT2D eigenvalue weighted by molar-refractivity contribution is 0.0293. The Bertz CT molecular complexity index is 646. The molecule has 0 unspecified atom stereocenters. The van der Waals surface area contributed by atoms with Gasteiger partial charge in [-0.2, -0.15) is 0 Å². The van der Waals surface area contributed by atoms with Crippen molar-refractivity contribution < 1.29 is 19.7 Å². The van der Waals surface area contributed by atoms with E-state index in [9.17, 15) is 15.0 Å². The summed E-state index contributed by atoms with van der Waals surface area (Å²) >= 11 is 0. The van der Waals surface area contributed by atoms with E-state index in [4.69, 9.17) is 4.74 Å². The van der Waals surface area contributed by atoms with Gasteiger partial charge in [0.1, 0.15) is 12.2 Å². The van der Waals surface area contributed by atoms with Gasteiger partial charge in [-0.3, -0.25) is 0 Å². The Morgan fingerprint density at radius 3 is 2.89 bits per heavy atom. The number of nitrogens with zero attached hydrogens (tertiary/aromatic N) is 1. The number of carbonyl (C=O) groups excluding carboxylic acids is 1. The van der Waals surface area contributed by atoms with Gasteiger partial charge in [0.2, 0.25) is 0 Å². The summed E-state index contributed by atoms with van der Waals surface area (Å²) in [6.45, 7) is 2.30. The summed E-state index contributed by atoms with van der Waals surface area (Å²) < 4.78 is 6.85. The zero-order valence-corrected chi connectivity index (χ0v) is 10.5. The molecule has 0 saturated carbocycles. The second-order valence-electron chi connectivity index (χ2n) is 4.62. The lowest BCUT2D eigenvalue weighted by Gasteiger charge is -2.09. The molecule has 1 aliphatic heterocycles. The normalized spacial score (nSPS) is 21.6. The predicted molar refractivity (Wildman–Crippen MR) is 68.9 cm³/mol. The highest BCUT2D eigenvalue weighted by atomic mass is 16.5. The third-order valence-corrected chi connectivity index (χ3v) is 3.50. The van der Waals surface area contributed by atoms with E-state index in [2.05, 4.69) is 0 Å². The highest BCUT2D eigenvalue weighted by Crippen LogP contribution is 2.37. The van der Waals surface area contributed by atoms with Crippen LogP contribution in [-0.4, -0.2) is 33.5 Å². The maximum absolute atomic E-state index is 12.1. The topological polar surface area (TPSA) is 71.7 Å². The number of esters is 1. The smallest absolute Gasteiger partial charge is 0.340 e. The second-order valence-corrected chi connectivity index (χ2v) is 4.62. The molecule has 0 saturated heterocycles. The highest BCUT2D eigenvalue weighted by molar-refractivity contribution is 6.06. The van der Waals surface area contributed by atoms with Crippen molar-refractivity contribution in [1.29, 1.82) is 0 Å². The third-order valence-electron chi connectivity index (χ3n) is 3.50. The number of aromatic nitrogens is 1. The third kappa shape index (κ3) is 1.66. The quantitative estimate of drug-likeness (QED) is 0.797. The molecule has 2 heterocycles. The van der Waals surface area contributed by atoms with Gasteiger partial charge in [0.05, 0.1) is 24.4 Å². The molecule has 0 bridgehead atoms. The maximum Gasteiger partial charge on any atom is 0.340 e. The molecule has 3 rings (SSSR count). The van der Waals surface area contributed by atoms with Crippen LogP contribution in [0.4, 0.5) is 0 Å². The zero-order chi connectivity index (χ0) is 13.6. The Kier molecular flexibility index (Phi) is 2.80. The van der Waals surface area contributed by atoms with Crippen molar-refractivity contribution in [2.24, 2.45) is 0 Å². The Labute approximate surface area is 110 Å². The summed E-state index contributed by atoms with van der Waals surface area (Å²) in [5, 5.41) is 20.6. The van der Waals surface area contributed by atoms with Gasteiger partial charge in [-0.25, -0.2) is 4.79 Å². The van der Waals surface area contributed by atoms with Crippen molar-refractivity contribution in [3.8, 4) is 0 Å². The molecule has 19 heavy (non-hydrogen) atoms. The van der Waals surface area contributed by atoms with Crippen molar-refractivity contribution in [2.75, 3.05) is 6.61 Å². The molecule has 5 heteroatoms. The second kappa shape index (κ2) is 4.36. The molecule has 100 valence electrons. The Morgan fingerprint density at radius 1 is 1.42 bits per heavy atom. The van der Waals surface area contributed by atoms with E-state index in [1.54, 1.807) is 11.5 Å². The summed E-state index contributed by atoms with van der Waals surface area (Å²) in [6.07, 6.45) is -1.93. The molecule has 2 aromatic rings. The van der Waals surface area contributed by atoms with Crippen LogP contribution >= 0.6 is 0 Å². The van der Waals surface area contributed by atoms with Crippen LogP contribution in [-0.2, 0) is 11.3 Å². The van der Waals surface area contributed by atoms with Gasteiger partial charge in [-0.1, -0.05) is 18.2 Å². The molecule has 0 spiro atoms. The van der Waals surface area contributed by atoms with Gasteiger partial charge in [-0.05, 0) is 13.0 Å². The highest BCUT2D eigenvalue weighted by Gasteiger charge is 2.37. The number of fused-ring (bicyclic) bond motifs is 3. The van der Waals surface area contributed by atoms with Crippen LogP contribution in [0.25, 0.3) is 10.9 Å². The van der Waals surface area contributed by atoms with Crippen LogP contribution in [0.3, 0.4) is 0 Å². The van der Waals surface area contributed by atoms with Gasteiger partial charge in [-0.15, -0.1) is 0 Å². The molecule has 0 amide bonds. The number of carbonyl (C=O) groups is 1. The average molecular weight is 261 g/mol. The largest absolute Gasteiger partial charge is 0.462 e. The molecule has 1 aliphatic rings. The average Bonchev–Trinajstić information content (AvgIpc) is 2.86. The lowest BCUT2D eigenvalue weighted by atomic mass is 10.1. The molecule has 1 aromatic heterocycles. The van der Waals surface area contributed by atoms with Crippen LogP contribution in [0.1, 0.15) is 29.1 Å². The summed E-state index contributed by atoms with van der Waals surface area (Å²) in [5.74, 6) is -0.458. The zero-order valence-electron chi connectivity index (χ0n) is 10.5. The Morgan fingerprint density at radius 2 is 2.16 bits per heavy atom. The van der Waals surface area contributed by atoms with Gasteiger partial charge in [0.15, 0.2) is 0 Å². The number of para-hydroxylation sites is 1. The minimum Gasteiger partial charge on any atom is -0.462 e.